The maximum atomic E-state index is 12.0. The number of hydrogen-bond donors (Lipinski definition) is 1. The third kappa shape index (κ3) is 2.65. The predicted molar refractivity (Wildman–Crippen MR) is 61.3 cm³/mol. The van der Waals surface area contributed by atoms with Crippen molar-refractivity contribution in [2.75, 3.05) is 18.9 Å². The molecule has 15 heavy (non-hydrogen) atoms. The van der Waals surface area contributed by atoms with Crippen LogP contribution in [-0.4, -0.2) is 40.6 Å². The molecule has 0 bridgehead atoms. The van der Waals surface area contributed by atoms with E-state index >= 15 is 0 Å². The van der Waals surface area contributed by atoms with Crippen LogP contribution in [0.15, 0.2) is 0 Å². The summed E-state index contributed by atoms with van der Waals surface area (Å²) in [5.41, 5.74) is 0. The van der Waals surface area contributed by atoms with Gasteiger partial charge in [0.25, 0.3) is 5.91 Å². The van der Waals surface area contributed by atoms with E-state index < -0.39 is 0 Å². The number of rotatable bonds is 4. The van der Waals surface area contributed by atoms with Crippen LogP contribution in [0.3, 0.4) is 0 Å². The number of carbonyl (C=O) groups excluding carboxylic acids is 1. The molecule has 1 N–H and O–H groups in total. The fraction of sp³-hybridized carbons (Fsp3) is 0.667. The van der Waals surface area contributed by atoms with E-state index in [2.05, 4.69) is 15.5 Å². The highest BCUT2D eigenvalue weighted by atomic mass is 32.1. The second kappa shape index (κ2) is 5.06. The number of nitrogens with one attached hydrogen (secondary N) is 1. The molecule has 0 aliphatic rings. The van der Waals surface area contributed by atoms with Crippen LogP contribution >= 0.6 is 11.3 Å². The first-order valence-electron chi connectivity index (χ1n) is 4.92. The van der Waals surface area contributed by atoms with Crippen LogP contribution in [-0.2, 0) is 0 Å². The van der Waals surface area contributed by atoms with Crippen LogP contribution in [0, 0.1) is 0 Å². The first-order chi connectivity index (χ1) is 7.10. The van der Waals surface area contributed by atoms with E-state index in [1.54, 1.807) is 11.9 Å². The fourth-order valence-electron chi connectivity index (χ4n) is 1.28. The summed E-state index contributed by atoms with van der Waals surface area (Å²) in [7, 11) is 1.76. The van der Waals surface area contributed by atoms with Crippen molar-refractivity contribution in [3.8, 4) is 0 Å². The molecule has 0 fully saturated rings. The minimum atomic E-state index is -0.0495. The molecule has 0 saturated carbocycles. The number of aromatic nitrogens is 2. The predicted octanol–water partition coefficient (Wildman–Crippen LogP) is 1.45. The quantitative estimate of drug-likeness (QED) is 0.847. The largest absolute Gasteiger partial charge is 0.363 e. The van der Waals surface area contributed by atoms with Crippen molar-refractivity contribution in [1.29, 1.82) is 0 Å². The Balaban J connectivity index is 2.83. The molecule has 0 atom stereocenters. The van der Waals surface area contributed by atoms with Crippen LogP contribution in [0.4, 0.5) is 5.13 Å². The lowest BCUT2D eigenvalue weighted by molar-refractivity contribution is 0.0715. The normalized spacial score (nSPS) is 10.5. The summed E-state index contributed by atoms with van der Waals surface area (Å²) in [6, 6.07) is 0.185. The number of carbonyl (C=O) groups is 1. The first kappa shape index (κ1) is 11.9. The molecule has 5 nitrogen and oxygen atoms in total. The van der Waals surface area contributed by atoms with Gasteiger partial charge in [0, 0.05) is 19.6 Å². The highest BCUT2D eigenvalue weighted by molar-refractivity contribution is 7.17. The summed E-state index contributed by atoms with van der Waals surface area (Å²) >= 11 is 1.28. The number of hydrogen-bond acceptors (Lipinski definition) is 5. The third-order valence-electron chi connectivity index (χ3n) is 2.05. The summed E-state index contributed by atoms with van der Waals surface area (Å²) in [6.45, 7) is 6.62. The lowest BCUT2D eigenvalue weighted by Crippen LogP contribution is -2.36. The van der Waals surface area contributed by atoms with Crippen molar-refractivity contribution in [3.63, 3.8) is 0 Å². The van der Waals surface area contributed by atoms with Crippen molar-refractivity contribution in [2.45, 2.75) is 26.8 Å². The summed E-state index contributed by atoms with van der Waals surface area (Å²) in [6.07, 6.45) is 0. The van der Waals surface area contributed by atoms with E-state index in [4.69, 9.17) is 0 Å². The zero-order valence-corrected chi connectivity index (χ0v) is 10.3. The van der Waals surface area contributed by atoms with Gasteiger partial charge in [0.1, 0.15) is 0 Å². The van der Waals surface area contributed by atoms with Gasteiger partial charge in [-0.3, -0.25) is 4.79 Å². The summed E-state index contributed by atoms with van der Waals surface area (Å²) in [5, 5.41) is 11.7. The Morgan fingerprint density at radius 3 is 2.60 bits per heavy atom. The van der Waals surface area contributed by atoms with Crippen LogP contribution < -0.4 is 5.32 Å². The minimum Gasteiger partial charge on any atom is -0.363 e. The molecule has 0 unspecified atom stereocenters. The highest BCUT2D eigenvalue weighted by Crippen LogP contribution is 2.17. The molecule has 0 aliphatic heterocycles. The average molecular weight is 228 g/mol. The maximum Gasteiger partial charge on any atom is 0.285 e. The Morgan fingerprint density at radius 1 is 1.53 bits per heavy atom. The Kier molecular flexibility index (Phi) is 4.02. The molecule has 1 heterocycles. The van der Waals surface area contributed by atoms with Gasteiger partial charge in [-0.2, -0.15) is 0 Å². The molecule has 0 saturated heterocycles. The molecule has 84 valence electrons. The zero-order valence-electron chi connectivity index (χ0n) is 9.44. The molecular weight excluding hydrogens is 212 g/mol. The molecule has 1 rings (SSSR count). The molecule has 6 heteroatoms. The zero-order chi connectivity index (χ0) is 11.4. The Morgan fingerprint density at radius 2 is 2.20 bits per heavy atom. The Hall–Kier alpha value is -1.17. The topological polar surface area (TPSA) is 58.1 Å². The number of anilines is 1. The number of nitrogens with zero attached hydrogens (tertiary/aromatic N) is 3. The Bertz CT molecular complexity index is 337. The number of amides is 1. The summed E-state index contributed by atoms with van der Waals surface area (Å²) in [5.74, 6) is -0.0495. The second-order valence-corrected chi connectivity index (χ2v) is 4.32. The lowest BCUT2D eigenvalue weighted by Gasteiger charge is -2.23. The summed E-state index contributed by atoms with van der Waals surface area (Å²) in [4.78, 5) is 13.7. The highest BCUT2D eigenvalue weighted by Gasteiger charge is 2.20. The maximum absolute atomic E-state index is 12.0. The second-order valence-electron chi connectivity index (χ2n) is 3.35. The standard InChI is InChI=1S/C9H16N4OS/c1-5-13(6(2)3)8(14)7-11-12-9(10-4)15-7/h6H,5H2,1-4H3,(H,10,12). The van der Waals surface area contributed by atoms with Crippen molar-refractivity contribution >= 4 is 22.4 Å². The van der Waals surface area contributed by atoms with Gasteiger partial charge in [-0.1, -0.05) is 11.3 Å². The van der Waals surface area contributed by atoms with Gasteiger partial charge >= 0.3 is 0 Å². The van der Waals surface area contributed by atoms with Crippen molar-refractivity contribution in [3.05, 3.63) is 5.01 Å². The van der Waals surface area contributed by atoms with Gasteiger partial charge in [0.05, 0.1) is 0 Å². The van der Waals surface area contributed by atoms with E-state index in [0.29, 0.717) is 16.7 Å². The minimum absolute atomic E-state index is 0.0495. The third-order valence-corrected chi connectivity index (χ3v) is 2.98. The van der Waals surface area contributed by atoms with Crippen LogP contribution in [0.5, 0.6) is 0 Å². The van der Waals surface area contributed by atoms with Crippen LogP contribution in [0.1, 0.15) is 30.6 Å². The van der Waals surface area contributed by atoms with E-state index in [9.17, 15) is 4.79 Å². The summed E-state index contributed by atoms with van der Waals surface area (Å²) < 4.78 is 0. The monoisotopic (exact) mass is 228 g/mol. The molecule has 0 radical (unpaired) electrons. The van der Waals surface area contributed by atoms with Gasteiger partial charge in [-0.25, -0.2) is 0 Å². The van der Waals surface area contributed by atoms with Gasteiger partial charge < -0.3 is 10.2 Å². The van der Waals surface area contributed by atoms with Crippen LogP contribution in [0.2, 0.25) is 0 Å². The molecular formula is C9H16N4OS. The molecule has 1 aromatic heterocycles. The van der Waals surface area contributed by atoms with Gasteiger partial charge in [-0.05, 0) is 20.8 Å². The smallest absolute Gasteiger partial charge is 0.285 e. The molecule has 1 aromatic rings. The van der Waals surface area contributed by atoms with Crippen molar-refractivity contribution in [2.24, 2.45) is 0 Å². The van der Waals surface area contributed by atoms with E-state index in [1.165, 1.54) is 11.3 Å². The SMILES string of the molecule is CCN(C(=O)c1nnc(NC)s1)C(C)C. The van der Waals surface area contributed by atoms with Gasteiger partial charge in [0.15, 0.2) is 0 Å². The van der Waals surface area contributed by atoms with E-state index in [0.717, 1.165) is 0 Å². The van der Waals surface area contributed by atoms with Gasteiger partial charge in [0.2, 0.25) is 10.1 Å². The first-order valence-corrected chi connectivity index (χ1v) is 5.74. The lowest BCUT2D eigenvalue weighted by atomic mass is 10.3. The molecule has 0 aliphatic carbocycles. The molecule has 1 amide bonds. The average Bonchev–Trinajstić information content (AvgIpc) is 2.66. The van der Waals surface area contributed by atoms with E-state index in [1.807, 2.05) is 20.8 Å². The van der Waals surface area contributed by atoms with E-state index in [-0.39, 0.29) is 11.9 Å². The molecule has 0 spiro atoms. The fourth-order valence-corrected chi connectivity index (χ4v) is 1.93. The molecule has 0 aromatic carbocycles. The van der Waals surface area contributed by atoms with Crippen molar-refractivity contribution in [1.82, 2.24) is 15.1 Å². The Labute approximate surface area is 93.5 Å². The van der Waals surface area contributed by atoms with Crippen LogP contribution in [0.25, 0.3) is 0 Å². The van der Waals surface area contributed by atoms with Crippen molar-refractivity contribution < 1.29 is 4.79 Å². The van der Waals surface area contributed by atoms with Gasteiger partial charge in [-0.15, -0.1) is 10.2 Å².